The minimum Gasteiger partial charge on any atom is -0.336 e. The van der Waals surface area contributed by atoms with Crippen LogP contribution in [0.2, 0.25) is 0 Å². The van der Waals surface area contributed by atoms with Crippen LogP contribution >= 0.6 is 0 Å². The highest BCUT2D eigenvalue weighted by Crippen LogP contribution is 2.12. The number of carbonyl (C=O) groups excluding carboxylic acids is 1. The molecule has 0 aromatic heterocycles. The fourth-order valence-electron chi connectivity index (χ4n) is 2.93. The summed E-state index contributed by atoms with van der Waals surface area (Å²) in [4.78, 5) is 16.4. The van der Waals surface area contributed by atoms with Crippen molar-refractivity contribution in [3.05, 3.63) is 0 Å². The Morgan fingerprint density at radius 2 is 1.56 bits per heavy atom. The maximum atomic E-state index is 12.0. The van der Waals surface area contributed by atoms with Crippen molar-refractivity contribution in [1.29, 1.82) is 0 Å². The van der Waals surface area contributed by atoms with E-state index in [-0.39, 0.29) is 6.03 Å². The number of likely N-dealkylation sites (tertiary alicyclic amines) is 2. The molecule has 0 spiro atoms. The highest BCUT2D eigenvalue weighted by Gasteiger charge is 2.19. The van der Waals surface area contributed by atoms with E-state index in [1.54, 1.807) is 0 Å². The third-order valence-corrected chi connectivity index (χ3v) is 4.21. The van der Waals surface area contributed by atoms with Gasteiger partial charge in [0, 0.05) is 25.7 Å². The molecule has 4 nitrogen and oxygen atoms in total. The fourth-order valence-corrected chi connectivity index (χ4v) is 2.93. The Morgan fingerprint density at radius 3 is 2.17 bits per heavy atom. The van der Waals surface area contributed by atoms with Crippen LogP contribution in [-0.2, 0) is 0 Å². The molecule has 2 saturated heterocycles. The second-order valence-corrected chi connectivity index (χ2v) is 5.68. The average Bonchev–Trinajstić information content (AvgIpc) is 2.46. The lowest BCUT2D eigenvalue weighted by atomic mass is 10.1. The molecule has 2 aliphatic rings. The van der Waals surface area contributed by atoms with Gasteiger partial charge in [-0.3, -0.25) is 4.90 Å². The van der Waals surface area contributed by atoms with Gasteiger partial charge in [-0.15, -0.1) is 0 Å². The molecule has 2 heterocycles. The molecule has 0 aliphatic carbocycles. The quantitative estimate of drug-likeness (QED) is 0.835. The van der Waals surface area contributed by atoms with E-state index in [9.17, 15) is 4.79 Å². The minimum absolute atomic E-state index is 0.138. The lowest BCUT2D eigenvalue weighted by Crippen LogP contribution is -2.48. The summed E-state index contributed by atoms with van der Waals surface area (Å²) in [5, 5.41) is 3.09. The van der Waals surface area contributed by atoms with E-state index in [1.165, 1.54) is 38.8 Å². The van der Waals surface area contributed by atoms with Crippen molar-refractivity contribution in [2.45, 2.75) is 51.5 Å². The number of rotatable bonds is 3. The van der Waals surface area contributed by atoms with E-state index < -0.39 is 0 Å². The third kappa shape index (κ3) is 3.87. The van der Waals surface area contributed by atoms with Crippen LogP contribution in [0.1, 0.15) is 45.4 Å². The summed E-state index contributed by atoms with van der Waals surface area (Å²) in [6, 6.07) is 0.609. The molecule has 0 aromatic rings. The van der Waals surface area contributed by atoms with Crippen LogP contribution in [-0.4, -0.2) is 54.6 Å². The first-order valence-electron chi connectivity index (χ1n) is 7.54. The van der Waals surface area contributed by atoms with Crippen LogP contribution in [0.5, 0.6) is 0 Å². The van der Waals surface area contributed by atoms with Gasteiger partial charge in [0.25, 0.3) is 0 Å². The summed E-state index contributed by atoms with van der Waals surface area (Å²) < 4.78 is 0. The molecule has 2 amide bonds. The predicted octanol–water partition coefficient (Wildman–Crippen LogP) is 2.06. The van der Waals surface area contributed by atoms with Gasteiger partial charge in [-0.1, -0.05) is 6.42 Å². The smallest absolute Gasteiger partial charge is 0.317 e. The number of nitrogens with zero attached hydrogens (tertiary/aromatic N) is 2. The zero-order valence-corrected chi connectivity index (χ0v) is 11.7. The number of nitrogens with one attached hydrogen (secondary N) is 1. The minimum atomic E-state index is 0.138. The number of carbonyl (C=O) groups is 1. The molecule has 2 aliphatic heterocycles. The van der Waals surface area contributed by atoms with Gasteiger partial charge in [-0.25, -0.2) is 4.79 Å². The first-order valence-corrected chi connectivity index (χ1v) is 7.54. The Kier molecular flexibility index (Phi) is 5.29. The van der Waals surface area contributed by atoms with Gasteiger partial charge in [-0.05, 0) is 52.1 Å². The van der Waals surface area contributed by atoms with Gasteiger partial charge in [0.2, 0.25) is 0 Å². The fraction of sp³-hybridized carbons (Fsp3) is 0.929. The van der Waals surface area contributed by atoms with Crippen LogP contribution < -0.4 is 5.32 Å². The lowest BCUT2D eigenvalue weighted by molar-refractivity contribution is 0.159. The molecule has 2 fully saturated rings. The zero-order valence-electron chi connectivity index (χ0n) is 11.7. The SMILES string of the molecule is CC(CNC(=O)N1CCCCC1)N1CCCCC1. The zero-order chi connectivity index (χ0) is 12.8. The van der Waals surface area contributed by atoms with Gasteiger partial charge in [-0.2, -0.15) is 0 Å². The molecule has 0 aromatic carbocycles. The lowest BCUT2D eigenvalue weighted by Gasteiger charge is -2.33. The molecule has 2 rings (SSSR count). The predicted molar refractivity (Wildman–Crippen MR) is 73.7 cm³/mol. The third-order valence-electron chi connectivity index (χ3n) is 4.21. The van der Waals surface area contributed by atoms with E-state index in [2.05, 4.69) is 17.1 Å². The van der Waals surface area contributed by atoms with Crippen LogP contribution in [0.4, 0.5) is 4.79 Å². The number of amides is 2. The first-order chi connectivity index (χ1) is 8.77. The maximum Gasteiger partial charge on any atom is 0.317 e. The van der Waals surface area contributed by atoms with Crippen molar-refractivity contribution < 1.29 is 4.79 Å². The summed E-state index contributed by atoms with van der Waals surface area (Å²) in [5.74, 6) is 0. The van der Waals surface area contributed by atoms with Gasteiger partial charge in [0.15, 0.2) is 0 Å². The normalized spacial score (nSPS) is 23.7. The Bertz CT molecular complexity index is 258. The van der Waals surface area contributed by atoms with E-state index in [0.717, 1.165) is 32.5 Å². The topological polar surface area (TPSA) is 35.6 Å². The number of hydrogen-bond acceptors (Lipinski definition) is 2. The molecule has 1 atom stereocenters. The molecule has 0 radical (unpaired) electrons. The standard InChI is InChI=1S/C14H27N3O/c1-13(16-8-4-2-5-9-16)12-15-14(18)17-10-6-3-7-11-17/h13H,2-12H2,1H3,(H,15,18). The van der Waals surface area contributed by atoms with E-state index in [0.29, 0.717) is 6.04 Å². The second kappa shape index (κ2) is 6.98. The maximum absolute atomic E-state index is 12.0. The van der Waals surface area contributed by atoms with Gasteiger partial charge >= 0.3 is 6.03 Å². The Balaban J connectivity index is 1.67. The van der Waals surface area contributed by atoms with Crippen molar-refractivity contribution >= 4 is 6.03 Å². The Labute approximate surface area is 111 Å². The Hall–Kier alpha value is -0.770. The molecule has 104 valence electrons. The van der Waals surface area contributed by atoms with Crippen LogP contribution in [0.15, 0.2) is 0 Å². The molecule has 0 saturated carbocycles. The van der Waals surface area contributed by atoms with E-state index in [4.69, 9.17) is 0 Å². The first kappa shape index (κ1) is 13.7. The van der Waals surface area contributed by atoms with E-state index >= 15 is 0 Å². The van der Waals surface area contributed by atoms with Crippen molar-refractivity contribution in [3.63, 3.8) is 0 Å². The number of urea groups is 1. The van der Waals surface area contributed by atoms with Gasteiger partial charge in [0.05, 0.1) is 0 Å². The molecule has 0 bridgehead atoms. The van der Waals surface area contributed by atoms with Crippen LogP contribution in [0.25, 0.3) is 0 Å². The molecule has 1 N–H and O–H groups in total. The number of piperidine rings is 2. The van der Waals surface area contributed by atoms with Crippen LogP contribution in [0.3, 0.4) is 0 Å². The summed E-state index contributed by atoms with van der Waals surface area (Å²) in [5.41, 5.74) is 0. The summed E-state index contributed by atoms with van der Waals surface area (Å²) in [6.45, 7) is 7.27. The highest BCUT2D eigenvalue weighted by atomic mass is 16.2. The van der Waals surface area contributed by atoms with Gasteiger partial charge < -0.3 is 10.2 Å². The molecule has 1 unspecified atom stereocenters. The highest BCUT2D eigenvalue weighted by molar-refractivity contribution is 5.74. The van der Waals surface area contributed by atoms with Crippen molar-refractivity contribution in [3.8, 4) is 0 Å². The molecule has 18 heavy (non-hydrogen) atoms. The van der Waals surface area contributed by atoms with Gasteiger partial charge in [0.1, 0.15) is 0 Å². The summed E-state index contributed by atoms with van der Waals surface area (Å²) in [6.07, 6.45) is 7.58. The molecular formula is C14H27N3O. The van der Waals surface area contributed by atoms with Crippen LogP contribution in [0, 0.1) is 0 Å². The number of hydrogen-bond donors (Lipinski definition) is 1. The van der Waals surface area contributed by atoms with Crippen molar-refractivity contribution in [1.82, 2.24) is 15.1 Å². The van der Waals surface area contributed by atoms with E-state index in [1.807, 2.05) is 4.90 Å². The molecular weight excluding hydrogens is 226 g/mol. The largest absolute Gasteiger partial charge is 0.336 e. The monoisotopic (exact) mass is 253 g/mol. The van der Waals surface area contributed by atoms with Crippen molar-refractivity contribution in [2.75, 3.05) is 32.7 Å². The summed E-state index contributed by atoms with van der Waals surface area (Å²) in [7, 11) is 0. The molecule has 4 heteroatoms. The Morgan fingerprint density at radius 1 is 1.00 bits per heavy atom. The second-order valence-electron chi connectivity index (χ2n) is 5.68. The average molecular weight is 253 g/mol. The summed E-state index contributed by atoms with van der Waals surface area (Å²) >= 11 is 0. The van der Waals surface area contributed by atoms with Crippen molar-refractivity contribution in [2.24, 2.45) is 0 Å².